The molecule has 1 aliphatic heterocycles. The summed E-state index contributed by atoms with van der Waals surface area (Å²) in [6.45, 7) is 0. The number of nitrogens with one attached hydrogen (secondary N) is 1. The van der Waals surface area contributed by atoms with Crippen molar-refractivity contribution in [3.05, 3.63) is 23.8 Å². The van der Waals surface area contributed by atoms with Crippen molar-refractivity contribution < 1.29 is 4.79 Å². The molecular formula is C11H10N2OS. The van der Waals surface area contributed by atoms with E-state index >= 15 is 0 Å². The summed E-state index contributed by atoms with van der Waals surface area (Å²) >= 11 is 1.52. The van der Waals surface area contributed by atoms with Crippen molar-refractivity contribution in [2.75, 3.05) is 11.1 Å². The lowest BCUT2D eigenvalue weighted by molar-refractivity contribution is -0.116. The van der Waals surface area contributed by atoms with Crippen molar-refractivity contribution in [2.45, 2.75) is 17.7 Å². The number of benzene rings is 1. The van der Waals surface area contributed by atoms with E-state index in [1.807, 2.05) is 12.1 Å². The molecule has 0 saturated heterocycles. The van der Waals surface area contributed by atoms with Gasteiger partial charge in [0, 0.05) is 17.0 Å². The van der Waals surface area contributed by atoms with Gasteiger partial charge in [0.15, 0.2) is 0 Å². The second-order valence-electron chi connectivity index (χ2n) is 3.31. The third-order valence-electron chi connectivity index (χ3n) is 2.28. The molecule has 1 aliphatic rings. The highest BCUT2D eigenvalue weighted by atomic mass is 32.2. The number of carbonyl (C=O) groups excluding carboxylic acids is 1. The molecule has 3 nitrogen and oxygen atoms in total. The van der Waals surface area contributed by atoms with E-state index in [-0.39, 0.29) is 5.91 Å². The zero-order chi connectivity index (χ0) is 10.7. The van der Waals surface area contributed by atoms with Crippen LogP contribution in [-0.2, 0) is 11.2 Å². The fourth-order valence-electron chi connectivity index (χ4n) is 1.57. The molecule has 0 aromatic heterocycles. The van der Waals surface area contributed by atoms with E-state index in [2.05, 4.69) is 17.5 Å². The number of aryl methyl sites for hydroxylation is 1. The van der Waals surface area contributed by atoms with Gasteiger partial charge >= 0.3 is 0 Å². The number of hydrogen-bond donors (Lipinski definition) is 1. The average molecular weight is 218 g/mol. The molecule has 4 heteroatoms. The fourth-order valence-corrected chi connectivity index (χ4v) is 2.19. The molecule has 1 heterocycles. The number of hydrogen-bond acceptors (Lipinski definition) is 3. The summed E-state index contributed by atoms with van der Waals surface area (Å²) in [5, 5.41) is 11.3. The van der Waals surface area contributed by atoms with Crippen LogP contribution in [0, 0.1) is 11.3 Å². The maximum Gasteiger partial charge on any atom is 0.224 e. The van der Waals surface area contributed by atoms with E-state index in [1.165, 1.54) is 11.8 Å². The highest BCUT2D eigenvalue weighted by Crippen LogP contribution is 2.27. The summed E-state index contributed by atoms with van der Waals surface area (Å²) in [7, 11) is 0. The van der Waals surface area contributed by atoms with Crippen molar-refractivity contribution in [1.29, 1.82) is 5.26 Å². The summed E-state index contributed by atoms with van der Waals surface area (Å²) in [6, 6.07) is 7.99. The van der Waals surface area contributed by atoms with Gasteiger partial charge in [0.05, 0.1) is 11.8 Å². The molecule has 1 aromatic carbocycles. The average Bonchev–Trinajstić information content (AvgIpc) is 2.26. The first-order valence-electron chi connectivity index (χ1n) is 4.72. The molecule has 1 aromatic rings. The van der Waals surface area contributed by atoms with Gasteiger partial charge in [0.1, 0.15) is 0 Å². The Morgan fingerprint density at radius 3 is 3.13 bits per heavy atom. The van der Waals surface area contributed by atoms with Gasteiger partial charge in [-0.25, -0.2) is 0 Å². The molecule has 0 saturated carbocycles. The Morgan fingerprint density at radius 2 is 2.33 bits per heavy atom. The summed E-state index contributed by atoms with van der Waals surface area (Å²) < 4.78 is 0. The molecule has 0 fully saturated rings. The Kier molecular flexibility index (Phi) is 2.93. The van der Waals surface area contributed by atoms with Gasteiger partial charge in [-0.2, -0.15) is 5.26 Å². The van der Waals surface area contributed by atoms with E-state index < -0.39 is 0 Å². The van der Waals surface area contributed by atoms with Gasteiger partial charge in [-0.15, -0.1) is 11.8 Å². The second kappa shape index (κ2) is 4.37. The normalized spacial score (nSPS) is 13.9. The summed E-state index contributed by atoms with van der Waals surface area (Å²) in [6.07, 6.45) is 1.35. The van der Waals surface area contributed by atoms with Crippen LogP contribution in [-0.4, -0.2) is 11.7 Å². The Labute approximate surface area is 92.5 Å². The minimum atomic E-state index is 0.0833. The van der Waals surface area contributed by atoms with E-state index in [0.717, 1.165) is 22.6 Å². The molecule has 0 bridgehead atoms. The van der Waals surface area contributed by atoms with Crippen LogP contribution in [0.3, 0.4) is 0 Å². The van der Waals surface area contributed by atoms with Crippen LogP contribution < -0.4 is 5.32 Å². The van der Waals surface area contributed by atoms with Crippen molar-refractivity contribution in [2.24, 2.45) is 0 Å². The second-order valence-corrected chi connectivity index (χ2v) is 4.36. The molecule has 0 unspecified atom stereocenters. The van der Waals surface area contributed by atoms with Crippen LogP contribution in [0.15, 0.2) is 23.1 Å². The predicted molar refractivity (Wildman–Crippen MR) is 59.7 cm³/mol. The number of fused-ring (bicyclic) bond motifs is 1. The smallest absolute Gasteiger partial charge is 0.224 e. The standard InChI is InChI=1S/C11H10N2OS/c12-5-6-15-9-2-3-10-8(7-9)1-4-11(14)13-10/h2-3,7H,1,4,6H2,(H,13,14). The molecule has 0 radical (unpaired) electrons. The van der Waals surface area contributed by atoms with Crippen molar-refractivity contribution in [3.8, 4) is 6.07 Å². The summed E-state index contributed by atoms with van der Waals surface area (Å²) in [4.78, 5) is 12.2. The van der Waals surface area contributed by atoms with Crippen molar-refractivity contribution in [1.82, 2.24) is 0 Å². The topological polar surface area (TPSA) is 52.9 Å². The zero-order valence-electron chi connectivity index (χ0n) is 8.12. The first kappa shape index (κ1) is 10.1. The first-order valence-corrected chi connectivity index (χ1v) is 5.70. The Balaban J connectivity index is 2.20. The molecule has 0 spiro atoms. The third-order valence-corrected chi connectivity index (χ3v) is 3.14. The Morgan fingerprint density at radius 1 is 1.47 bits per heavy atom. The Bertz CT molecular complexity index is 437. The molecule has 1 amide bonds. The van der Waals surface area contributed by atoms with E-state index in [1.54, 1.807) is 0 Å². The van der Waals surface area contributed by atoms with Gasteiger partial charge in [-0.1, -0.05) is 0 Å². The maximum absolute atomic E-state index is 11.1. The lowest BCUT2D eigenvalue weighted by Crippen LogP contribution is -2.18. The van der Waals surface area contributed by atoms with Gasteiger partial charge in [0.2, 0.25) is 5.91 Å². The zero-order valence-corrected chi connectivity index (χ0v) is 8.93. The number of rotatable bonds is 2. The fraction of sp³-hybridized carbons (Fsp3) is 0.273. The van der Waals surface area contributed by atoms with Gasteiger partial charge < -0.3 is 5.32 Å². The number of anilines is 1. The largest absolute Gasteiger partial charge is 0.326 e. The molecule has 15 heavy (non-hydrogen) atoms. The van der Waals surface area contributed by atoms with Crippen LogP contribution in [0.4, 0.5) is 5.69 Å². The Hall–Kier alpha value is -1.47. The minimum Gasteiger partial charge on any atom is -0.326 e. The lowest BCUT2D eigenvalue weighted by atomic mass is 10.0. The first-order chi connectivity index (χ1) is 7.29. The molecule has 1 N–H and O–H groups in total. The van der Waals surface area contributed by atoms with Gasteiger partial charge in [0.25, 0.3) is 0 Å². The number of amides is 1. The number of nitrogens with zero attached hydrogens (tertiary/aromatic N) is 1. The van der Waals surface area contributed by atoms with Gasteiger partial charge in [-0.3, -0.25) is 4.79 Å². The molecular weight excluding hydrogens is 208 g/mol. The molecule has 0 atom stereocenters. The summed E-state index contributed by atoms with van der Waals surface area (Å²) in [5.41, 5.74) is 2.07. The van der Waals surface area contributed by atoms with Crippen LogP contribution in [0.2, 0.25) is 0 Å². The van der Waals surface area contributed by atoms with E-state index in [9.17, 15) is 4.79 Å². The molecule has 76 valence electrons. The number of thioether (sulfide) groups is 1. The minimum absolute atomic E-state index is 0.0833. The number of carbonyl (C=O) groups is 1. The maximum atomic E-state index is 11.1. The number of nitriles is 1. The van der Waals surface area contributed by atoms with Crippen LogP contribution in [0.1, 0.15) is 12.0 Å². The summed E-state index contributed by atoms with van der Waals surface area (Å²) in [5.74, 6) is 0.547. The predicted octanol–water partition coefficient (Wildman–Crippen LogP) is 2.19. The van der Waals surface area contributed by atoms with Crippen molar-refractivity contribution >= 4 is 23.4 Å². The highest BCUT2D eigenvalue weighted by Gasteiger charge is 2.14. The highest BCUT2D eigenvalue weighted by molar-refractivity contribution is 7.99. The van der Waals surface area contributed by atoms with Crippen LogP contribution in [0.5, 0.6) is 0 Å². The van der Waals surface area contributed by atoms with Crippen molar-refractivity contribution in [3.63, 3.8) is 0 Å². The van der Waals surface area contributed by atoms with Crippen LogP contribution in [0.25, 0.3) is 0 Å². The van der Waals surface area contributed by atoms with E-state index in [4.69, 9.17) is 5.26 Å². The van der Waals surface area contributed by atoms with Crippen LogP contribution >= 0.6 is 11.8 Å². The lowest BCUT2D eigenvalue weighted by Gasteiger charge is -2.17. The third kappa shape index (κ3) is 2.31. The quantitative estimate of drug-likeness (QED) is 0.774. The molecule has 2 rings (SSSR count). The SMILES string of the molecule is N#CCSc1ccc2c(c1)CCC(=O)N2. The van der Waals surface area contributed by atoms with Gasteiger partial charge in [-0.05, 0) is 30.2 Å². The monoisotopic (exact) mass is 218 g/mol. The molecule has 0 aliphatic carbocycles. The van der Waals surface area contributed by atoms with E-state index in [0.29, 0.717) is 12.2 Å².